The molecule has 144 valence electrons. The number of benzene rings is 3. The lowest BCUT2D eigenvalue weighted by Crippen LogP contribution is -2.19. The summed E-state index contributed by atoms with van der Waals surface area (Å²) in [6.45, 7) is 2.56. The summed E-state index contributed by atoms with van der Waals surface area (Å²) >= 11 is 0. The molecular weight excluding hydrogens is 358 g/mol. The van der Waals surface area contributed by atoms with Gasteiger partial charge in [0.25, 0.3) is 0 Å². The van der Waals surface area contributed by atoms with Gasteiger partial charge in [-0.05, 0) is 30.2 Å². The number of nitrogens with one attached hydrogen (secondary N) is 1. The molecule has 0 bridgehead atoms. The van der Waals surface area contributed by atoms with Crippen LogP contribution in [0, 0.1) is 0 Å². The minimum absolute atomic E-state index is 0.101. The van der Waals surface area contributed by atoms with Crippen molar-refractivity contribution in [3.8, 4) is 0 Å². The van der Waals surface area contributed by atoms with Gasteiger partial charge < -0.3 is 4.57 Å². The Morgan fingerprint density at radius 2 is 1.48 bits per heavy atom. The van der Waals surface area contributed by atoms with Crippen LogP contribution < -0.4 is 5.43 Å². The summed E-state index contributed by atoms with van der Waals surface area (Å²) in [5.74, 6) is -0.101. The third kappa shape index (κ3) is 4.27. The zero-order valence-electron chi connectivity index (χ0n) is 16.4. The van der Waals surface area contributed by atoms with Gasteiger partial charge >= 0.3 is 0 Å². The maximum absolute atomic E-state index is 12.3. The van der Waals surface area contributed by atoms with Gasteiger partial charge in [0.1, 0.15) is 0 Å². The molecule has 0 unspecified atom stereocenters. The maximum Gasteiger partial charge on any atom is 0.241 e. The highest BCUT2D eigenvalue weighted by molar-refractivity contribution is 6.08. The molecule has 0 aliphatic carbocycles. The number of fused-ring (bicyclic) bond motifs is 3. The highest BCUT2D eigenvalue weighted by Gasteiger charge is 2.10. The van der Waals surface area contributed by atoms with Crippen molar-refractivity contribution in [3.63, 3.8) is 0 Å². The number of aryl methyl sites for hydroxylation is 1. The maximum atomic E-state index is 12.3. The second-order valence-electron chi connectivity index (χ2n) is 7.03. The number of nitrogens with zero attached hydrogens (tertiary/aromatic N) is 2. The van der Waals surface area contributed by atoms with Crippen LogP contribution in [0.25, 0.3) is 27.9 Å². The fourth-order valence-electron chi connectivity index (χ4n) is 3.57. The molecule has 1 amide bonds. The Morgan fingerprint density at radius 3 is 2.14 bits per heavy atom. The van der Waals surface area contributed by atoms with Gasteiger partial charge in [-0.25, -0.2) is 5.43 Å². The molecule has 0 aliphatic heterocycles. The van der Waals surface area contributed by atoms with E-state index in [9.17, 15) is 4.79 Å². The van der Waals surface area contributed by atoms with Crippen LogP contribution in [0.3, 0.4) is 0 Å². The topological polar surface area (TPSA) is 46.4 Å². The lowest BCUT2D eigenvalue weighted by Gasteiger charge is -2.06. The van der Waals surface area contributed by atoms with Gasteiger partial charge in [0, 0.05) is 34.8 Å². The zero-order chi connectivity index (χ0) is 20.1. The smallest absolute Gasteiger partial charge is 0.241 e. The Balaban J connectivity index is 1.42. The van der Waals surface area contributed by atoms with Gasteiger partial charge in [0.05, 0.1) is 6.21 Å². The predicted molar refractivity (Wildman–Crippen MR) is 121 cm³/mol. The third-order valence-corrected chi connectivity index (χ3v) is 4.89. The summed E-state index contributed by atoms with van der Waals surface area (Å²) in [5, 5.41) is 6.51. The number of amides is 1. The summed E-state index contributed by atoms with van der Waals surface area (Å²) < 4.78 is 2.20. The van der Waals surface area contributed by atoms with Crippen LogP contribution in [0.15, 0.2) is 89.5 Å². The lowest BCUT2D eigenvalue weighted by molar-refractivity contribution is -0.121. The van der Waals surface area contributed by atoms with Crippen molar-refractivity contribution < 1.29 is 4.79 Å². The molecule has 1 aromatic heterocycles. The lowest BCUT2D eigenvalue weighted by atomic mass is 10.1. The zero-order valence-corrected chi connectivity index (χ0v) is 16.4. The van der Waals surface area contributed by atoms with E-state index in [2.05, 4.69) is 39.4 Å². The van der Waals surface area contributed by atoms with Crippen molar-refractivity contribution in [1.82, 2.24) is 9.99 Å². The summed E-state index contributed by atoms with van der Waals surface area (Å²) in [7, 11) is 0. The van der Waals surface area contributed by atoms with Crippen LogP contribution in [0.5, 0.6) is 0 Å². The Morgan fingerprint density at radius 1 is 0.897 bits per heavy atom. The molecule has 0 radical (unpaired) electrons. The fraction of sp³-hybridized carbons (Fsp3) is 0.120. The Kier molecular flexibility index (Phi) is 5.52. The summed E-state index contributed by atoms with van der Waals surface area (Å²) in [6.07, 6.45) is 4.06. The van der Waals surface area contributed by atoms with Gasteiger partial charge in [-0.15, -0.1) is 0 Å². The van der Waals surface area contributed by atoms with Crippen LogP contribution in [0.2, 0.25) is 0 Å². The minimum atomic E-state index is -0.101. The molecule has 1 heterocycles. The second-order valence-corrected chi connectivity index (χ2v) is 7.03. The van der Waals surface area contributed by atoms with Crippen LogP contribution in [-0.2, 0) is 11.3 Å². The van der Waals surface area contributed by atoms with Crippen molar-refractivity contribution in [2.75, 3.05) is 0 Å². The van der Waals surface area contributed by atoms with Gasteiger partial charge in [-0.2, -0.15) is 5.10 Å². The molecular formula is C25H23N3O. The van der Waals surface area contributed by atoms with E-state index in [-0.39, 0.29) is 5.91 Å². The van der Waals surface area contributed by atoms with E-state index in [4.69, 9.17) is 0 Å². The molecule has 0 saturated heterocycles. The number of aromatic nitrogens is 1. The summed E-state index contributed by atoms with van der Waals surface area (Å²) in [6, 6.07) is 26.6. The van der Waals surface area contributed by atoms with Gasteiger partial charge in [0.2, 0.25) is 5.91 Å². The minimum Gasteiger partial charge on any atom is -0.340 e. The normalized spacial score (nSPS) is 12.1. The van der Waals surface area contributed by atoms with Crippen molar-refractivity contribution in [2.45, 2.75) is 19.9 Å². The first-order valence-electron chi connectivity index (χ1n) is 9.73. The summed E-state index contributed by atoms with van der Waals surface area (Å²) in [4.78, 5) is 12.3. The number of hydrogen-bond donors (Lipinski definition) is 1. The fourth-order valence-corrected chi connectivity index (χ4v) is 3.57. The first-order chi connectivity index (χ1) is 14.2. The van der Waals surface area contributed by atoms with Gasteiger partial charge in [-0.1, -0.05) is 72.8 Å². The number of carbonyl (C=O) groups is 1. The SMILES string of the molecule is CC(/C=N/NC(=O)CCn1c2ccccc2c2ccccc21)=C\c1ccccc1. The quantitative estimate of drug-likeness (QED) is 0.353. The molecule has 1 N–H and O–H groups in total. The number of hydrazone groups is 1. The van der Waals surface area contributed by atoms with Gasteiger partial charge in [0.15, 0.2) is 0 Å². The summed E-state index contributed by atoms with van der Waals surface area (Å²) in [5.41, 5.74) is 7.00. The molecule has 0 aliphatic rings. The average Bonchev–Trinajstić information content (AvgIpc) is 3.07. The number of hydrogen-bond acceptors (Lipinski definition) is 2. The average molecular weight is 381 g/mol. The van der Waals surface area contributed by atoms with E-state index < -0.39 is 0 Å². The van der Waals surface area contributed by atoms with E-state index in [0.29, 0.717) is 13.0 Å². The number of allylic oxidation sites excluding steroid dienone is 1. The molecule has 4 heteroatoms. The third-order valence-electron chi connectivity index (χ3n) is 4.89. The molecule has 4 nitrogen and oxygen atoms in total. The Bertz CT molecular complexity index is 1150. The second kappa shape index (κ2) is 8.57. The molecule has 0 spiro atoms. The molecule has 4 rings (SSSR count). The van der Waals surface area contributed by atoms with Crippen molar-refractivity contribution in [1.29, 1.82) is 0 Å². The van der Waals surface area contributed by atoms with Crippen molar-refractivity contribution in [3.05, 3.63) is 90.0 Å². The largest absolute Gasteiger partial charge is 0.340 e. The van der Waals surface area contributed by atoms with Crippen LogP contribution in [0.4, 0.5) is 0 Å². The van der Waals surface area contributed by atoms with Crippen LogP contribution >= 0.6 is 0 Å². The first kappa shape index (κ1) is 18.7. The standard InChI is InChI=1S/C25H23N3O/c1-19(17-20-9-3-2-4-10-20)18-26-27-25(29)15-16-28-23-13-7-5-11-21(23)22-12-6-8-14-24(22)28/h2-14,17-18H,15-16H2,1H3,(H,27,29)/b19-17+,26-18+. The predicted octanol–water partition coefficient (Wildman–Crippen LogP) is 5.39. The molecule has 0 atom stereocenters. The molecule has 29 heavy (non-hydrogen) atoms. The molecule has 0 fully saturated rings. The van der Waals surface area contributed by atoms with E-state index in [1.807, 2.05) is 67.6 Å². The number of carbonyl (C=O) groups excluding carboxylic acids is 1. The van der Waals surface area contributed by atoms with Crippen molar-refractivity contribution >= 4 is 40.0 Å². The van der Waals surface area contributed by atoms with E-state index >= 15 is 0 Å². The van der Waals surface area contributed by atoms with E-state index in [0.717, 1.165) is 22.2 Å². The van der Waals surface area contributed by atoms with Crippen LogP contribution in [0.1, 0.15) is 18.9 Å². The number of rotatable bonds is 6. The molecule has 0 saturated carbocycles. The molecule has 4 aromatic rings. The monoisotopic (exact) mass is 381 g/mol. The Hall–Kier alpha value is -3.66. The first-order valence-corrected chi connectivity index (χ1v) is 9.73. The molecule has 3 aromatic carbocycles. The number of para-hydroxylation sites is 2. The van der Waals surface area contributed by atoms with E-state index in [1.54, 1.807) is 6.21 Å². The van der Waals surface area contributed by atoms with Gasteiger partial charge in [-0.3, -0.25) is 4.79 Å². The van der Waals surface area contributed by atoms with Crippen molar-refractivity contribution in [2.24, 2.45) is 5.10 Å². The van der Waals surface area contributed by atoms with Crippen LogP contribution in [-0.4, -0.2) is 16.7 Å². The highest BCUT2D eigenvalue weighted by Crippen LogP contribution is 2.28. The highest BCUT2D eigenvalue weighted by atomic mass is 16.2. The Labute approximate surface area is 170 Å². The van der Waals surface area contributed by atoms with E-state index in [1.165, 1.54) is 10.8 Å².